The molecular formula is C23H43NO2. The second-order valence-electron chi connectivity index (χ2n) is 7.68. The molecule has 0 heterocycles. The summed E-state index contributed by atoms with van der Waals surface area (Å²) < 4.78 is 0. The Kier molecular flexibility index (Phi) is 17.9. The molecule has 3 nitrogen and oxygen atoms in total. The Balaban J connectivity index is 3.38. The lowest BCUT2D eigenvalue weighted by atomic mass is 10.0. The Morgan fingerprint density at radius 1 is 0.731 bits per heavy atom. The van der Waals surface area contributed by atoms with Crippen LogP contribution in [-0.4, -0.2) is 18.2 Å². The minimum atomic E-state index is 0.0829. The van der Waals surface area contributed by atoms with Crippen molar-refractivity contribution in [2.24, 2.45) is 0 Å². The van der Waals surface area contributed by atoms with Crippen molar-refractivity contribution in [3.8, 4) is 0 Å². The molecule has 0 saturated carbocycles. The highest BCUT2D eigenvalue weighted by Gasteiger charge is 2.01. The maximum Gasteiger partial charge on any atom is 0.220 e. The van der Waals surface area contributed by atoms with Gasteiger partial charge in [0.2, 0.25) is 5.91 Å². The molecule has 0 aliphatic heterocycles. The molecule has 0 aliphatic carbocycles. The molecule has 26 heavy (non-hydrogen) atoms. The molecule has 0 aromatic heterocycles. The predicted molar refractivity (Wildman–Crippen MR) is 112 cm³/mol. The molecule has 0 aromatic rings. The van der Waals surface area contributed by atoms with Crippen LogP contribution in [0.3, 0.4) is 0 Å². The molecule has 0 unspecified atom stereocenters. The Morgan fingerprint density at radius 3 is 1.96 bits per heavy atom. The number of hydrogen-bond acceptors (Lipinski definition) is 2. The Bertz CT molecular complexity index is 388. The fourth-order valence-corrected chi connectivity index (χ4v) is 3.06. The van der Waals surface area contributed by atoms with E-state index in [2.05, 4.69) is 25.2 Å². The molecule has 0 aliphatic rings. The number of ketones is 1. The van der Waals surface area contributed by atoms with E-state index >= 15 is 0 Å². The summed E-state index contributed by atoms with van der Waals surface area (Å²) >= 11 is 0. The summed E-state index contributed by atoms with van der Waals surface area (Å²) in [5.74, 6) is 0.209. The minimum Gasteiger partial charge on any atom is -0.356 e. The SMILES string of the molecule is CCCCCCCC/C(C)=C\CCCCCCCC(=O)NCCC(C)=O. The molecule has 0 bridgehead atoms. The van der Waals surface area contributed by atoms with E-state index in [1.165, 1.54) is 70.6 Å². The zero-order valence-corrected chi connectivity index (χ0v) is 17.7. The second kappa shape index (κ2) is 18.7. The molecule has 0 spiro atoms. The van der Waals surface area contributed by atoms with Gasteiger partial charge in [0, 0.05) is 19.4 Å². The van der Waals surface area contributed by atoms with Crippen LogP contribution in [0.15, 0.2) is 11.6 Å². The van der Waals surface area contributed by atoms with Gasteiger partial charge in [-0.15, -0.1) is 0 Å². The van der Waals surface area contributed by atoms with Crippen molar-refractivity contribution in [3.05, 3.63) is 11.6 Å². The lowest BCUT2D eigenvalue weighted by Gasteiger charge is -2.04. The molecule has 0 saturated heterocycles. The van der Waals surface area contributed by atoms with Gasteiger partial charge < -0.3 is 5.32 Å². The van der Waals surface area contributed by atoms with Crippen LogP contribution < -0.4 is 5.32 Å². The average Bonchev–Trinajstić information content (AvgIpc) is 2.60. The van der Waals surface area contributed by atoms with E-state index < -0.39 is 0 Å². The van der Waals surface area contributed by atoms with Crippen LogP contribution >= 0.6 is 0 Å². The molecule has 0 aromatic carbocycles. The third-order valence-electron chi connectivity index (χ3n) is 4.82. The van der Waals surface area contributed by atoms with Crippen molar-refractivity contribution in [2.45, 2.75) is 117 Å². The van der Waals surface area contributed by atoms with Crippen LogP contribution in [0.5, 0.6) is 0 Å². The maximum atomic E-state index is 11.6. The van der Waals surface area contributed by atoms with E-state index in [1.807, 2.05) is 0 Å². The van der Waals surface area contributed by atoms with E-state index in [0.29, 0.717) is 19.4 Å². The number of hydrogen-bond donors (Lipinski definition) is 1. The lowest BCUT2D eigenvalue weighted by molar-refractivity contribution is -0.121. The number of amides is 1. The molecular weight excluding hydrogens is 322 g/mol. The van der Waals surface area contributed by atoms with Crippen LogP contribution in [-0.2, 0) is 9.59 Å². The summed E-state index contributed by atoms with van der Waals surface area (Å²) in [7, 11) is 0. The smallest absolute Gasteiger partial charge is 0.220 e. The van der Waals surface area contributed by atoms with Gasteiger partial charge >= 0.3 is 0 Å². The summed E-state index contributed by atoms with van der Waals surface area (Å²) in [6, 6.07) is 0. The average molecular weight is 366 g/mol. The molecule has 0 radical (unpaired) electrons. The minimum absolute atomic E-state index is 0.0829. The highest BCUT2D eigenvalue weighted by Crippen LogP contribution is 2.13. The molecule has 3 heteroatoms. The topological polar surface area (TPSA) is 46.2 Å². The second-order valence-corrected chi connectivity index (χ2v) is 7.68. The third-order valence-corrected chi connectivity index (χ3v) is 4.82. The summed E-state index contributed by atoms with van der Waals surface area (Å²) in [5, 5.41) is 2.80. The van der Waals surface area contributed by atoms with Crippen molar-refractivity contribution in [1.29, 1.82) is 0 Å². The van der Waals surface area contributed by atoms with Gasteiger partial charge in [-0.3, -0.25) is 9.59 Å². The van der Waals surface area contributed by atoms with Crippen molar-refractivity contribution < 1.29 is 9.59 Å². The number of carbonyl (C=O) groups is 2. The van der Waals surface area contributed by atoms with Crippen LogP contribution in [0.1, 0.15) is 117 Å². The van der Waals surface area contributed by atoms with Gasteiger partial charge in [-0.05, 0) is 46.0 Å². The van der Waals surface area contributed by atoms with Crippen LogP contribution in [0.4, 0.5) is 0 Å². The summed E-state index contributed by atoms with van der Waals surface area (Å²) in [6.45, 7) is 6.58. The van der Waals surface area contributed by atoms with Crippen molar-refractivity contribution in [2.75, 3.05) is 6.54 Å². The summed E-state index contributed by atoms with van der Waals surface area (Å²) in [4.78, 5) is 22.4. The number of nitrogens with one attached hydrogen (secondary N) is 1. The molecule has 1 amide bonds. The van der Waals surface area contributed by atoms with Gasteiger partial charge in [-0.2, -0.15) is 0 Å². The first kappa shape index (κ1) is 24.9. The first-order valence-electron chi connectivity index (χ1n) is 11.0. The summed E-state index contributed by atoms with van der Waals surface area (Å²) in [6.07, 6.45) is 20.0. The monoisotopic (exact) mass is 365 g/mol. The molecule has 1 N–H and O–H groups in total. The van der Waals surface area contributed by atoms with Crippen LogP contribution in [0, 0.1) is 0 Å². The van der Waals surface area contributed by atoms with E-state index in [-0.39, 0.29) is 11.7 Å². The van der Waals surface area contributed by atoms with Crippen LogP contribution in [0.25, 0.3) is 0 Å². The highest BCUT2D eigenvalue weighted by molar-refractivity contribution is 5.78. The molecule has 0 rings (SSSR count). The first-order chi connectivity index (χ1) is 12.6. The van der Waals surface area contributed by atoms with Gasteiger partial charge in [0.1, 0.15) is 5.78 Å². The fourth-order valence-electron chi connectivity index (χ4n) is 3.06. The van der Waals surface area contributed by atoms with Crippen molar-refractivity contribution in [3.63, 3.8) is 0 Å². The number of carbonyl (C=O) groups excluding carboxylic acids is 2. The largest absolute Gasteiger partial charge is 0.356 e. The number of rotatable bonds is 18. The highest BCUT2D eigenvalue weighted by atomic mass is 16.1. The third kappa shape index (κ3) is 19.2. The Labute approximate surface area is 162 Å². The normalized spacial score (nSPS) is 11.6. The van der Waals surface area contributed by atoms with E-state index in [9.17, 15) is 9.59 Å². The Morgan fingerprint density at radius 2 is 1.31 bits per heavy atom. The van der Waals surface area contributed by atoms with Gasteiger partial charge in [0.15, 0.2) is 0 Å². The fraction of sp³-hybridized carbons (Fsp3) is 0.826. The van der Waals surface area contributed by atoms with Gasteiger partial charge in [0.25, 0.3) is 0 Å². The van der Waals surface area contributed by atoms with Gasteiger partial charge in [-0.25, -0.2) is 0 Å². The first-order valence-corrected chi connectivity index (χ1v) is 11.0. The van der Waals surface area contributed by atoms with Gasteiger partial charge in [-0.1, -0.05) is 69.9 Å². The maximum absolute atomic E-state index is 11.6. The number of Topliss-reactive ketones (excluding diaryl/α,β-unsaturated/α-hetero) is 1. The van der Waals surface area contributed by atoms with Crippen LogP contribution in [0.2, 0.25) is 0 Å². The van der Waals surface area contributed by atoms with Gasteiger partial charge in [0.05, 0.1) is 0 Å². The predicted octanol–water partition coefficient (Wildman–Crippen LogP) is 6.51. The molecule has 0 fully saturated rings. The van der Waals surface area contributed by atoms with E-state index in [1.54, 1.807) is 12.5 Å². The van der Waals surface area contributed by atoms with E-state index in [4.69, 9.17) is 0 Å². The van der Waals surface area contributed by atoms with E-state index in [0.717, 1.165) is 12.8 Å². The number of unbranched alkanes of at least 4 members (excludes halogenated alkanes) is 10. The summed E-state index contributed by atoms with van der Waals surface area (Å²) in [5.41, 5.74) is 1.56. The Hall–Kier alpha value is -1.12. The molecule has 0 atom stereocenters. The molecule has 152 valence electrons. The number of allylic oxidation sites excluding steroid dienone is 2. The standard InChI is InChI=1S/C23H43NO2/c1-4-5-6-7-10-13-16-21(2)17-14-11-8-9-12-15-18-23(26)24-20-19-22(3)25/h17H,4-16,18-20H2,1-3H3,(H,24,26)/b21-17-. The van der Waals surface area contributed by atoms with Crippen molar-refractivity contribution >= 4 is 11.7 Å². The zero-order valence-electron chi connectivity index (χ0n) is 17.7. The zero-order chi connectivity index (χ0) is 19.5. The quantitative estimate of drug-likeness (QED) is 0.222. The van der Waals surface area contributed by atoms with Crippen molar-refractivity contribution in [1.82, 2.24) is 5.32 Å². The lowest BCUT2D eigenvalue weighted by Crippen LogP contribution is -2.25.